The van der Waals surface area contributed by atoms with Gasteiger partial charge in [0, 0.05) is 11.3 Å². The third-order valence-electron chi connectivity index (χ3n) is 4.54. The third kappa shape index (κ3) is 4.95. The average Bonchev–Trinajstić information content (AvgIpc) is 2.74. The summed E-state index contributed by atoms with van der Waals surface area (Å²) in [6, 6.07) is 16.5. The van der Waals surface area contributed by atoms with E-state index >= 15 is 0 Å². The molecule has 31 heavy (non-hydrogen) atoms. The highest BCUT2D eigenvalue weighted by molar-refractivity contribution is 7.93. The molecule has 1 N–H and O–H groups in total. The number of nitrogens with zero attached hydrogens (tertiary/aromatic N) is 1. The van der Waals surface area contributed by atoms with Gasteiger partial charge < -0.3 is 5.32 Å². The number of carbonyl (C=O) groups is 1. The quantitative estimate of drug-likeness (QED) is 0.480. The summed E-state index contributed by atoms with van der Waals surface area (Å²) < 4.78 is 41.2. The van der Waals surface area contributed by atoms with Gasteiger partial charge in [-0.3, -0.25) is 9.10 Å². The van der Waals surface area contributed by atoms with Gasteiger partial charge in [-0.2, -0.15) is 0 Å². The van der Waals surface area contributed by atoms with E-state index in [2.05, 4.69) is 11.9 Å². The summed E-state index contributed by atoms with van der Waals surface area (Å²) in [6.07, 6.45) is 1.46. The third-order valence-corrected chi connectivity index (χ3v) is 6.81. The van der Waals surface area contributed by atoms with Crippen LogP contribution in [0.1, 0.15) is 15.9 Å². The van der Waals surface area contributed by atoms with E-state index in [1.54, 1.807) is 37.3 Å². The van der Waals surface area contributed by atoms with Crippen LogP contribution in [0, 0.1) is 12.7 Å². The molecule has 0 bridgehead atoms. The molecule has 0 aromatic heterocycles. The molecule has 0 spiro atoms. The molecule has 1 amide bonds. The molecule has 0 unspecified atom stereocenters. The van der Waals surface area contributed by atoms with Gasteiger partial charge in [-0.25, -0.2) is 12.8 Å². The maximum Gasteiger partial charge on any atom is 0.266 e. The fourth-order valence-electron chi connectivity index (χ4n) is 2.98. The molecule has 3 rings (SSSR count). The van der Waals surface area contributed by atoms with Crippen LogP contribution in [0.3, 0.4) is 0 Å². The van der Waals surface area contributed by atoms with Crippen LogP contribution in [0.4, 0.5) is 15.8 Å². The van der Waals surface area contributed by atoms with Crippen LogP contribution in [0.25, 0.3) is 0 Å². The standard InChI is InChI=1S/C23H20ClFN2O3S/c1-3-13-27(19-7-5-4-6-8-19)31(29,30)22-15-17(9-11-20(22)24)23(28)26-21-12-10-18(25)14-16(21)2/h3-12,14-15H,1,13H2,2H3,(H,26,28). The summed E-state index contributed by atoms with van der Waals surface area (Å²) in [5.41, 5.74) is 1.49. The van der Waals surface area contributed by atoms with E-state index in [0.29, 0.717) is 16.9 Å². The number of rotatable bonds is 7. The summed E-state index contributed by atoms with van der Waals surface area (Å²) in [4.78, 5) is 12.5. The molecular weight excluding hydrogens is 439 g/mol. The fraction of sp³-hybridized carbons (Fsp3) is 0.0870. The van der Waals surface area contributed by atoms with Crippen LogP contribution in [-0.2, 0) is 10.0 Å². The van der Waals surface area contributed by atoms with Gasteiger partial charge >= 0.3 is 0 Å². The smallest absolute Gasteiger partial charge is 0.266 e. The van der Waals surface area contributed by atoms with E-state index in [4.69, 9.17) is 11.6 Å². The Hall–Kier alpha value is -3.16. The lowest BCUT2D eigenvalue weighted by molar-refractivity contribution is 0.102. The molecule has 0 radical (unpaired) electrons. The zero-order valence-electron chi connectivity index (χ0n) is 16.7. The number of anilines is 2. The first-order chi connectivity index (χ1) is 14.7. The van der Waals surface area contributed by atoms with Crippen molar-refractivity contribution in [2.45, 2.75) is 11.8 Å². The lowest BCUT2D eigenvalue weighted by Gasteiger charge is -2.24. The van der Waals surface area contributed by atoms with Gasteiger partial charge in [0.05, 0.1) is 17.3 Å². The summed E-state index contributed by atoms with van der Waals surface area (Å²) >= 11 is 6.21. The van der Waals surface area contributed by atoms with Crippen LogP contribution in [0.15, 0.2) is 84.3 Å². The van der Waals surface area contributed by atoms with Gasteiger partial charge in [-0.15, -0.1) is 6.58 Å². The number of carbonyl (C=O) groups excluding carboxylic acids is 1. The van der Waals surface area contributed by atoms with Crippen LogP contribution >= 0.6 is 11.6 Å². The van der Waals surface area contributed by atoms with Crippen molar-refractivity contribution in [3.05, 3.63) is 101 Å². The van der Waals surface area contributed by atoms with Crippen molar-refractivity contribution in [1.82, 2.24) is 0 Å². The van der Waals surface area contributed by atoms with E-state index in [1.807, 2.05) is 0 Å². The fourth-order valence-corrected chi connectivity index (χ4v) is 4.92. The SMILES string of the molecule is C=CCN(c1ccccc1)S(=O)(=O)c1cc(C(=O)Nc2ccc(F)cc2C)ccc1Cl. The van der Waals surface area contributed by atoms with Crippen LogP contribution in [0.2, 0.25) is 5.02 Å². The number of hydrogen-bond donors (Lipinski definition) is 1. The van der Waals surface area contributed by atoms with E-state index in [1.165, 1.54) is 42.5 Å². The number of aryl methyl sites for hydroxylation is 1. The molecule has 0 saturated carbocycles. The second-order valence-electron chi connectivity index (χ2n) is 6.72. The summed E-state index contributed by atoms with van der Waals surface area (Å²) in [5.74, 6) is -0.962. The van der Waals surface area contributed by atoms with Gasteiger partial charge in [0.1, 0.15) is 10.7 Å². The maximum absolute atomic E-state index is 13.4. The minimum Gasteiger partial charge on any atom is -0.322 e. The first-order valence-electron chi connectivity index (χ1n) is 9.30. The summed E-state index contributed by atoms with van der Waals surface area (Å²) in [5, 5.41) is 2.65. The number of para-hydroxylation sites is 1. The lowest BCUT2D eigenvalue weighted by Crippen LogP contribution is -2.31. The van der Waals surface area contributed by atoms with Crippen molar-refractivity contribution >= 4 is 38.9 Å². The molecule has 0 aliphatic carbocycles. The Morgan fingerprint density at radius 1 is 1.13 bits per heavy atom. The van der Waals surface area contributed by atoms with Crippen LogP contribution in [0.5, 0.6) is 0 Å². The van der Waals surface area contributed by atoms with E-state index in [-0.39, 0.29) is 22.0 Å². The molecule has 0 atom stereocenters. The molecule has 0 fully saturated rings. The van der Waals surface area contributed by atoms with Crippen molar-refractivity contribution in [3.63, 3.8) is 0 Å². The van der Waals surface area contributed by atoms with Gasteiger partial charge in [0.25, 0.3) is 15.9 Å². The highest BCUT2D eigenvalue weighted by Gasteiger charge is 2.27. The first-order valence-corrected chi connectivity index (χ1v) is 11.1. The zero-order valence-corrected chi connectivity index (χ0v) is 18.3. The van der Waals surface area contributed by atoms with Crippen molar-refractivity contribution in [2.24, 2.45) is 0 Å². The Balaban J connectivity index is 1.99. The van der Waals surface area contributed by atoms with Gasteiger partial charge in [-0.05, 0) is 61.0 Å². The highest BCUT2D eigenvalue weighted by atomic mass is 35.5. The number of hydrogen-bond acceptors (Lipinski definition) is 3. The molecule has 0 saturated heterocycles. The predicted octanol–water partition coefficient (Wildman–Crippen LogP) is 5.42. The lowest BCUT2D eigenvalue weighted by atomic mass is 10.1. The monoisotopic (exact) mass is 458 g/mol. The Bertz CT molecular complexity index is 1230. The van der Waals surface area contributed by atoms with E-state index < -0.39 is 21.7 Å². The molecule has 3 aromatic rings. The minimum absolute atomic E-state index is 0.0143. The molecule has 160 valence electrons. The molecule has 8 heteroatoms. The summed E-state index contributed by atoms with van der Waals surface area (Å²) in [7, 11) is -4.09. The normalized spacial score (nSPS) is 11.1. The number of nitrogens with one attached hydrogen (secondary N) is 1. The molecule has 0 heterocycles. The maximum atomic E-state index is 13.4. The Labute approximate surface area is 185 Å². The highest BCUT2D eigenvalue weighted by Crippen LogP contribution is 2.30. The molecule has 5 nitrogen and oxygen atoms in total. The van der Waals surface area contributed by atoms with Crippen molar-refractivity contribution in [2.75, 3.05) is 16.2 Å². The van der Waals surface area contributed by atoms with Crippen LogP contribution in [-0.4, -0.2) is 20.9 Å². The van der Waals surface area contributed by atoms with Crippen molar-refractivity contribution < 1.29 is 17.6 Å². The molecule has 0 aliphatic rings. The molecule has 3 aromatic carbocycles. The van der Waals surface area contributed by atoms with Gasteiger partial charge in [0.2, 0.25) is 0 Å². The number of halogens is 2. The number of benzene rings is 3. The topological polar surface area (TPSA) is 66.5 Å². The number of sulfonamides is 1. The van der Waals surface area contributed by atoms with E-state index in [9.17, 15) is 17.6 Å². The predicted molar refractivity (Wildman–Crippen MR) is 122 cm³/mol. The number of amides is 1. The second-order valence-corrected chi connectivity index (χ2v) is 8.96. The zero-order chi connectivity index (χ0) is 22.6. The molecule has 0 aliphatic heterocycles. The average molecular weight is 459 g/mol. The van der Waals surface area contributed by atoms with Gasteiger partial charge in [0.15, 0.2) is 0 Å². The Kier molecular flexibility index (Phi) is 6.77. The minimum atomic E-state index is -4.09. The first kappa shape index (κ1) is 22.5. The van der Waals surface area contributed by atoms with Gasteiger partial charge in [-0.1, -0.05) is 35.9 Å². The summed E-state index contributed by atoms with van der Waals surface area (Å²) in [6.45, 7) is 5.31. The second kappa shape index (κ2) is 9.32. The Morgan fingerprint density at radius 3 is 2.48 bits per heavy atom. The van der Waals surface area contributed by atoms with Crippen molar-refractivity contribution in [1.29, 1.82) is 0 Å². The largest absolute Gasteiger partial charge is 0.322 e. The molecular formula is C23H20ClFN2O3S. The van der Waals surface area contributed by atoms with Crippen LogP contribution < -0.4 is 9.62 Å². The van der Waals surface area contributed by atoms with Crippen molar-refractivity contribution in [3.8, 4) is 0 Å². The van der Waals surface area contributed by atoms with E-state index in [0.717, 1.165) is 4.31 Å². The Morgan fingerprint density at radius 2 is 1.84 bits per heavy atom.